The fourth-order valence-corrected chi connectivity index (χ4v) is 3.71. The monoisotopic (exact) mass is 413 g/mol. The molecule has 0 atom stereocenters. The number of hydrazone groups is 1. The average molecular weight is 414 g/mol. The Labute approximate surface area is 183 Å². The van der Waals surface area contributed by atoms with Crippen molar-refractivity contribution in [2.24, 2.45) is 5.10 Å². The smallest absolute Gasteiger partial charge is 0.271 e. The zero-order valence-electron chi connectivity index (χ0n) is 18.1. The lowest BCUT2D eigenvalue weighted by atomic mass is 10.0. The molecule has 1 N–H and O–H groups in total. The Morgan fingerprint density at radius 2 is 1.71 bits per heavy atom. The van der Waals surface area contributed by atoms with E-state index in [1.165, 1.54) is 11.1 Å². The van der Waals surface area contributed by atoms with Crippen LogP contribution in [0.25, 0.3) is 0 Å². The van der Waals surface area contributed by atoms with Gasteiger partial charge in [0.25, 0.3) is 5.91 Å². The van der Waals surface area contributed by atoms with Gasteiger partial charge in [-0.15, -0.1) is 0 Å². The molecule has 0 aromatic heterocycles. The van der Waals surface area contributed by atoms with Crippen LogP contribution in [-0.2, 0) is 13.1 Å². The fraction of sp³-hybridized carbons (Fsp3) is 0.231. The van der Waals surface area contributed by atoms with E-state index in [9.17, 15) is 4.79 Å². The molecule has 0 saturated heterocycles. The van der Waals surface area contributed by atoms with E-state index in [4.69, 9.17) is 4.74 Å². The number of nitrogens with zero attached hydrogens (tertiary/aromatic N) is 2. The first-order valence-electron chi connectivity index (χ1n) is 10.5. The number of fused-ring (bicyclic) bond motifs is 1. The van der Waals surface area contributed by atoms with Crippen molar-refractivity contribution in [2.45, 2.75) is 32.9 Å². The van der Waals surface area contributed by atoms with Crippen molar-refractivity contribution < 1.29 is 9.53 Å². The highest BCUT2D eigenvalue weighted by atomic mass is 16.5. The van der Waals surface area contributed by atoms with Gasteiger partial charge in [0.2, 0.25) is 0 Å². The molecule has 31 heavy (non-hydrogen) atoms. The number of hydrogen-bond acceptors (Lipinski definition) is 4. The Hall–Kier alpha value is -3.60. The van der Waals surface area contributed by atoms with Crippen LogP contribution in [0.5, 0.6) is 5.75 Å². The summed E-state index contributed by atoms with van der Waals surface area (Å²) in [5.41, 5.74) is 9.02. The molecule has 0 saturated carbocycles. The molecule has 3 aromatic carbocycles. The van der Waals surface area contributed by atoms with Crippen LogP contribution in [0.2, 0.25) is 0 Å². The SMILES string of the molecule is COc1ccc(N2Cc3ccc(C(=O)N/N=C/c4ccc(C(C)C)cc4)cc3C2)cc1. The Morgan fingerprint density at radius 3 is 2.39 bits per heavy atom. The van der Waals surface area contributed by atoms with E-state index < -0.39 is 0 Å². The van der Waals surface area contributed by atoms with Crippen molar-refractivity contribution in [3.8, 4) is 5.75 Å². The van der Waals surface area contributed by atoms with Gasteiger partial charge in [0.15, 0.2) is 0 Å². The van der Waals surface area contributed by atoms with Crippen molar-refractivity contribution in [1.29, 1.82) is 0 Å². The maximum absolute atomic E-state index is 12.5. The number of rotatable bonds is 6. The maximum atomic E-state index is 12.5. The third-order valence-electron chi connectivity index (χ3n) is 5.61. The molecule has 5 heteroatoms. The van der Waals surface area contributed by atoms with E-state index in [0.29, 0.717) is 11.5 Å². The molecule has 1 aliphatic rings. The number of nitrogens with one attached hydrogen (secondary N) is 1. The van der Waals surface area contributed by atoms with Crippen molar-refractivity contribution in [1.82, 2.24) is 5.43 Å². The zero-order chi connectivity index (χ0) is 21.8. The first-order valence-corrected chi connectivity index (χ1v) is 10.5. The highest BCUT2D eigenvalue weighted by molar-refractivity contribution is 5.95. The Bertz CT molecular complexity index is 1090. The molecule has 3 aromatic rings. The van der Waals surface area contributed by atoms with Crippen LogP contribution in [0.3, 0.4) is 0 Å². The largest absolute Gasteiger partial charge is 0.497 e. The third-order valence-corrected chi connectivity index (χ3v) is 5.61. The average Bonchev–Trinajstić information content (AvgIpc) is 3.23. The van der Waals surface area contributed by atoms with Crippen molar-refractivity contribution >= 4 is 17.8 Å². The topological polar surface area (TPSA) is 53.9 Å². The second-order valence-corrected chi connectivity index (χ2v) is 8.06. The van der Waals surface area contributed by atoms with Gasteiger partial charge >= 0.3 is 0 Å². The third kappa shape index (κ3) is 4.77. The summed E-state index contributed by atoms with van der Waals surface area (Å²) in [5.74, 6) is 1.13. The van der Waals surface area contributed by atoms with Gasteiger partial charge in [0.05, 0.1) is 13.3 Å². The lowest BCUT2D eigenvalue weighted by Crippen LogP contribution is -2.18. The van der Waals surface area contributed by atoms with Crippen LogP contribution < -0.4 is 15.1 Å². The molecular formula is C26H27N3O2. The summed E-state index contributed by atoms with van der Waals surface area (Å²) in [4.78, 5) is 14.8. The summed E-state index contributed by atoms with van der Waals surface area (Å²) in [6, 6.07) is 22.1. The minimum atomic E-state index is -0.208. The summed E-state index contributed by atoms with van der Waals surface area (Å²) in [7, 11) is 1.67. The summed E-state index contributed by atoms with van der Waals surface area (Å²) in [6.45, 7) is 5.93. The number of carbonyl (C=O) groups is 1. The van der Waals surface area contributed by atoms with Crippen LogP contribution in [0.15, 0.2) is 71.8 Å². The maximum Gasteiger partial charge on any atom is 0.271 e. The fourth-order valence-electron chi connectivity index (χ4n) is 3.71. The van der Waals surface area contributed by atoms with Crippen molar-refractivity contribution in [3.05, 3.63) is 94.5 Å². The highest BCUT2D eigenvalue weighted by Gasteiger charge is 2.20. The van der Waals surface area contributed by atoms with E-state index >= 15 is 0 Å². The van der Waals surface area contributed by atoms with E-state index in [1.807, 2.05) is 42.5 Å². The molecule has 1 heterocycles. The molecule has 0 aliphatic carbocycles. The molecule has 0 spiro atoms. The van der Waals surface area contributed by atoms with Crippen LogP contribution in [0, 0.1) is 0 Å². The van der Waals surface area contributed by atoms with Gasteiger partial charge in [-0.05, 0) is 64.6 Å². The van der Waals surface area contributed by atoms with Crippen LogP contribution in [-0.4, -0.2) is 19.2 Å². The molecule has 158 valence electrons. The molecule has 0 fully saturated rings. The molecule has 0 bridgehead atoms. The minimum Gasteiger partial charge on any atom is -0.497 e. The second-order valence-electron chi connectivity index (χ2n) is 8.06. The first kappa shape index (κ1) is 20.7. The van der Waals surface area contributed by atoms with Gasteiger partial charge in [0, 0.05) is 24.3 Å². The van der Waals surface area contributed by atoms with E-state index in [1.54, 1.807) is 13.3 Å². The second kappa shape index (κ2) is 9.04. The number of amides is 1. The lowest BCUT2D eigenvalue weighted by Gasteiger charge is -2.17. The number of ether oxygens (including phenoxy) is 1. The standard InChI is InChI=1S/C26H27N3O2/c1-18(2)20-6-4-19(5-7-20)15-27-28-26(30)21-8-9-22-16-29(17-23(22)14-21)24-10-12-25(31-3)13-11-24/h4-15,18H,16-17H2,1-3H3,(H,28,30)/b27-15+. The molecule has 0 radical (unpaired) electrons. The van der Waals surface area contributed by atoms with Crippen molar-refractivity contribution in [2.75, 3.05) is 12.0 Å². The lowest BCUT2D eigenvalue weighted by molar-refractivity contribution is 0.0955. The first-order chi connectivity index (χ1) is 15.0. The molecule has 0 unspecified atom stereocenters. The normalized spacial score (nSPS) is 13.0. The predicted octanol–water partition coefficient (Wildman–Crippen LogP) is 5.10. The highest BCUT2D eigenvalue weighted by Crippen LogP contribution is 2.30. The molecule has 1 amide bonds. The number of anilines is 1. The minimum absolute atomic E-state index is 0.208. The molecule has 4 rings (SSSR count). The quantitative estimate of drug-likeness (QED) is 0.452. The van der Waals surface area contributed by atoms with Crippen LogP contribution >= 0.6 is 0 Å². The van der Waals surface area contributed by atoms with Gasteiger partial charge in [0.1, 0.15) is 5.75 Å². The van der Waals surface area contributed by atoms with Gasteiger partial charge in [-0.3, -0.25) is 4.79 Å². The summed E-state index contributed by atoms with van der Waals surface area (Å²) >= 11 is 0. The number of benzene rings is 3. The zero-order valence-corrected chi connectivity index (χ0v) is 18.1. The van der Waals surface area contributed by atoms with Gasteiger partial charge < -0.3 is 9.64 Å². The van der Waals surface area contributed by atoms with E-state index in [-0.39, 0.29) is 5.91 Å². The molecule has 5 nitrogen and oxygen atoms in total. The van der Waals surface area contributed by atoms with Gasteiger partial charge in [-0.1, -0.05) is 44.2 Å². The molecular weight excluding hydrogens is 386 g/mol. The van der Waals surface area contributed by atoms with E-state index in [0.717, 1.165) is 35.7 Å². The van der Waals surface area contributed by atoms with Gasteiger partial charge in [-0.2, -0.15) is 5.10 Å². The molecule has 1 aliphatic heterocycles. The summed E-state index contributed by atoms with van der Waals surface area (Å²) in [6.07, 6.45) is 1.67. The Balaban J connectivity index is 1.38. The van der Waals surface area contributed by atoms with E-state index in [2.05, 4.69) is 53.5 Å². The van der Waals surface area contributed by atoms with Crippen molar-refractivity contribution in [3.63, 3.8) is 0 Å². The van der Waals surface area contributed by atoms with Gasteiger partial charge in [-0.25, -0.2) is 5.43 Å². The Kier molecular flexibility index (Phi) is 6.03. The Morgan fingerprint density at radius 1 is 1.00 bits per heavy atom. The summed E-state index contributed by atoms with van der Waals surface area (Å²) < 4.78 is 5.24. The van der Waals surface area contributed by atoms with Crippen LogP contribution in [0.1, 0.15) is 52.4 Å². The number of carbonyl (C=O) groups excluding carboxylic acids is 1. The number of hydrogen-bond donors (Lipinski definition) is 1. The predicted molar refractivity (Wildman–Crippen MR) is 125 cm³/mol. The summed E-state index contributed by atoms with van der Waals surface area (Å²) in [5, 5.41) is 4.12. The number of methoxy groups -OCH3 is 1. The van der Waals surface area contributed by atoms with Crippen LogP contribution in [0.4, 0.5) is 5.69 Å².